The normalized spacial score (nSPS) is 19.8. The molecule has 0 aromatic heterocycles. The van der Waals surface area contributed by atoms with E-state index < -0.39 is 0 Å². The van der Waals surface area contributed by atoms with Gasteiger partial charge in [-0.15, -0.1) is 0 Å². The third-order valence-corrected chi connectivity index (χ3v) is 4.05. The minimum atomic E-state index is 0.342. The van der Waals surface area contributed by atoms with Crippen molar-refractivity contribution in [3.63, 3.8) is 0 Å². The van der Waals surface area contributed by atoms with E-state index >= 15 is 0 Å². The fourth-order valence-electron chi connectivity index (χ4n) is 2.74. The van der Waals surface area contributed by atoms with Gasteiger partial charge in [-0.2, -0.15) is 0 Å². The lowest BCUT2D eigenvalue weighted by Crippen LogP contribution is -2.52. The predicted molar refractivity (Wildman–Crippen MR) is 77.7 cm³/mol. The van der Waals surface area contributed by atoms with Crippen LogP contribution in [-0.4, -0.2) is 61.5 Å². The van der Waals surface area contributed by atoms with Gasteiger partial charge in [0, 0.05) is 39.3 Å². The van der Waals surface area contributed by atoms with Crippen LogP contribution in [-0.2, 0) is 6.54 Å². The van der Waals surface area contributed by atoms with Gasteiger partial charge >= 0.3 is 0 Å². The number of fused-ring (bicyclic) bond motifs is 1. The van der Waals surface area contributed by atoms with E-state index in [1.807, 2.05) is 6.07 Å². The monoisotopic (exact) mass is 277 g/mol. The van der Waals surface area contributed by atoms with Crippen LogP contribution in [0.25, 0.3) is 0 Å². The van der Waals surface area contributed by atoms with Gasteiger partial charge in [0.15, 0.2) is 11.5 Å². The Bertz CT molecular complexity index is 458. The summed E-state index contributed by atoms with van der Waals surface area (Å²) in [6.45, 7) is 8.99. The van der Waals surface area contributed by atoms with Crippen LogP contribution in [0.1, 0.15) is 12.5 Å². The van der Waals surface area contributed by atoms with E-state index in [1.54, 1.807) is 0 Å². The zero-order chi connectivity index (χ0) is 13.9. The molecule has 0 N–H and O–H groups in total. The van der Waals surface area contributed by atoms with Crippen LogP contribution < -0.4 is 9.47 Å². The highest BCUT2D eigenvalue weighted by molar-refractivity contribution is 5.44. The van der Waals surface area contributed by atoms with Crippen LogP contribution in [0, 0.1) is 0 Å². The number of nitrogens with zero attached hydrogens (tertiary/aromatic N) is 3. The molecule has 2 aliphatic rings. The van der Waals surface area contributed by atoms with Crippen molar-refractivity contribution >= 4 is 0 Å². The van der Waals surface area contributed by atoms with E-state index in [1.165, 1.54) is 5.56 Å². The summed E-state index contributed by atoms with van der Waals surface area (Å²) in [6.07, 6.45) is 0. The second kappa shape index (κ2) is 5.99. The van der Waals surface area contributed by atoms with E-state index in [-0.39, 0.29) is 0 Å². The third-order valence-electron chi connectivity index (χ3n) is 4.05. The maximum absolute atomic E-state index is 5.45. The summed E-state index contributed by atoms with van der Waals surface area (Å²) >= 11 is 0. The second-order valence-electron chi connectivity index (χ2n) is 5.43. The maximum atomic E-state index is 5.45. The molecule has 110 valence electrons. The summed E-state index contributed by atoms with van der Waals surface area (Å²) in [7, 11) is 2.19. The summed E-state index contributed by atoms with van der Waals surface area (Å²) in [5.41, 5.74) is 1.27. The molecule has 0 bridgehead atoms. The topological polar surface area (TPSA) is 28.2 Å². The third kappa shape index (κ3) is 2.90. The van der Waals surface area contributed by atoms with Gasteiger partial charge in [0.25, 0.3) is 0 Å². The van der Waals surface area contributed by atoms with Gasteiger partial charge in [-0.3, -0.25) is 0 Å². The largest absolute Gasteiger partial charge is 0.454 e. The Labute approximate surface area is 120 Å². The fourth-order valence-corrected chi connectivity index (χ4v) is 2.74. The van der Waals surface area contributed by atoms with Crippen molar-refractivity contribution in [2.45, 2.75) is 13.5 Å². The van der Waals surface area contributed by atoms with E-state index in [9.17, 15) is 0 Å². The van der Waals surface area contributed by atoms with Gasteiger partial charge in [0.2, 0.25) is 6.79 Å². The number of piperazine rings is 1. The molecule has 0 spiro atoms. The summed E-state index contributed by atoms with van der Waals surface area (Å²) in [6, 6.07) is 6.24. The molecule has 3 rings (SSSR count). The van der Waals surface area contributed by atoms with Gasteiger partial charge in [-0.05, 0) is 24.7 Å². The lowest BCUT2D eigenvalue weighted by Gasteiger charge is -2.39. The molecule has 20 heavy (non-hydrogen) atoms. The van der Waals surface area contributed by atoms with E-state index in [0.29, 0.717) is 6.79 Å². The summed E-state index contributed by atoms with van der Waals surface area (Å²) in [5, 5.41) is 4.88. The first kappa shape index (κ1) is 13.7. The highest BCUT2D eigenvalue weighted by atomic mass is 16.7. The number of hydrogen-bond donors (Lipinski definition) is 0. The van der Waals surface area contributed by atoms with Gasteiger partial charge in [-0.25, -0.2) is 10.0 Å². The fraction of sp³-hybridized carbons (Fsp3) is 0.600. The molecular formula is C15H23N3O2. The molecule has 0 radical (unpaired) electrons. The van der Waals surface area contributed by atoms with Gasteiger partial charge in [0.1, 0.15) is 0 Å². The Balaban J connectivity index is 1.65. The second-order valence-corrected chi connectivity index (χ2v) is 5.43. The number of hydrogen-bond acceptors (Lipinski definition) is 5. The van der Waals surface area contributed by atoms with E-state index in [4.69, 9.17) is 9.47 Å². The Morgan fingerprint density at radius 3 is 2.60 bits per heavy atom. The number of ether oxygens (including phenoxy) is 2. The van der Waals surface area contributed by atoms with Crippen LogP contribution in [0.4, 0.5) is 0 Å². The van der Waals surface area contributed by atoms with Crippen LogP contribution in [0.3, 0.4) is 0 Å². The minimum Gasteiger partial charge on any atom is -0.454 e. The lowest BCUT2D eigenvalue weighted by molar-refractivity contribution is -0.0566. The van der Waals surface area contributed by atoms with Crippen LogP contribution in [0.2, 0.25) is 0 Å². The molecule has 0 aliphatic carbocycles. The smallest absolute Gasteiger partial charge is 0.231 e. The highest BCUT2D eigenvalue weighted by Gasteiger charge is 2.20. The van der Waals surface area contributed by atoms with E-state index in [0.717, 1.165) is 50.8 Å². The molecule has 0 atom stereocenters. The van der Waals surface area contributed by atoms with Crippen LogP contribution in [0.5, 0.6) is 11.5 Å². The first-order valence-electron chi connectivity index (χ1n) is 7.33. The predicted octanol–water partition coefficient (Wildman–Crippen LogP) is 1.40. The molecule has 2 heterocycles. The first-order chi connectivity index (χ1) is 9.76. The molecule has 5 heteroatoms. The van der Waals surface area contributed by atoms with Crippen LogP contribution in [0.15, 0.2) is 18.2 Å². The molecule has 0 unspecified atom stereocenters. The highest BCUT2D eigenvalue weighted by Crippen LogP contribution is 2.32. The number of likely N-dealkylation sites (N-methyl/N-ethyl adjacent to an activating group) is 1. The summed E-state index contributed by atoms with van der Waals surface area (Å²) < 4.78 is 10.8. The molecule has 2 aliphatic heterocycles. The van der Waals surface area contributed by atoms with Crippen LogP contribution >= 0.6 is 0 Å². The maximum Gasteiger partial charge on any atom is 0.231 e. The SMILES string of the molecule is CCN(Cc1ccc2c(c1)OCO2)N1CCN(C)CC1. The van der Waals surface area contributed by atoms with Crippen molar-refractivity contribution in [3.8, 4) is 11.5 Å². The quantitative estimate of drug-likeness (QED) is 0.829. The zero-order valence-corrected chi connectivity index (χ0v) is 12.3. The molecule has 5 nitrogen and oxygen atoms in total. The summed E-state index contributed by atoms with van der Waals surface area (Å²) in [4.78, 5) is 2.38. The van der Waals surface area contributed by atoms with Crippen molar-refractivity contribution < 1.29 is 9.47 Å². The molecule has 0 saturated carbocycles. The van der Waals surface area contributed by atoms with Gasteiger partial charge in [0.05, 0.1) is 0 Å². The average Bonchev–Trinajstić information content (AvgIpc) is 2.93. The number of rotatable bonds is 4. The molecule has 1 fully saturated rings. The number of hydrazine groups is 1. The average molecular weight is 277 g/mol. The standard InChI is InChI=1S/C15H23N3O2/c1-3-17(18-8-6-16(2)7-9-18)11-13-4-5-14-15(10-13)20-12-19-14/h4-5,10H,3,6-9,11-12H2,1-2H3. The molecular weight excluding hydrogens is 254 g/mol. The number of benzene rings is 1. The van der Waals surface area contributed by atoms with E-state index in [2.05, 4.69) is 41.0 Å². The zero-order valence-electron chi connectivity index (χ0n) is 12.3. The van der Waals surface area contributed by atoms with Crippen molar-refractivity contribution in [2.24, 2.45) is 0 Å². The Morgan fingerprint density at radius 1 is 1.10 bits per heavy atom. The van der Waals surface area contributed by atoms with Gasteiger partial charge < -0.3 is 14.4 Å². The van der Waals surface area contributed by atoms with Crippen molar-refractivity contribution in [2.75, 3.05) is 46.6 Å². The lowest BCUT2D eigenvalue weighted by atomic mass is 10.2. The molecule has 1 aromatic carbocycles. The molecule has 1 aromatic rings. The Kier molecular flexibility index (Phi) is 4.10. The minimum absolute atomic E-state index is 0.342. The van der Waals surface area contributed by atoms with Crippen molar-refractivity contribution in [1.82, 2.24) is 14.9 Å². The summed E-state index contributed by atoms with van der Waals surface area (Å²) in [5.74, 6) is 1.73. The Morgan fingerprint density at radius 2 is 1.85 bits per heavy atom. The van der Waals surface area contributed by atoms with Crippen molar-refractivity contribution in [3.05, 3.63) is 23.8 Å². The van der Waals surface area contributed by atoms with Gasteiger partial charge in [-0.1, -0.05) is 13.0 Å². The Hall–Kier alpha value is -1.30. The first-order valence-corrected chi connectivity index (χ1v) is 7.33. The van der Waals surface area contributed by atoms with Crippen molar-refractivity contribution in [1.29, 1.82) is 0 Å². The molecule has 0 amide bonds. The molecule has 1 saturated heterocycles.